The summed E-state index contributed by atoms with van der Waals surface area (Å²) in [5.41, 5.74) is 2.91. The van der Waals surface area contributed by atoms with Gasteiger partial charge < -0.3 is 15.5 Å². The highest BCUT2D eigenvalue weighted by Gasteiger charge is 2.26. The molecule has 1 heterocycles. The van der Waals surface area contributed by atoms with Crippen LogP contribution in [0.15, 0.2) is 54.6 Å². The van der Waals surface area contributed by atoms with Gasteiger partial charge in [-0.25, -0.2) is 4.79 Å². The van der Waals surface area contributed by atoms with Crippen molar-refractivity contribution in [1.82, 2.24) is 10.2 Å². The zero-order chi connectivity index (χ0) is 19.1. The highest BCUT2D eigenvalue weighted by Crippen LogP contribution is 2.28. The van der Waals surface area contributed by atoms with Crippen molar-refractivity contribution in [3.63, 3.8) is 0 Å². The molecule has 142 valence electrons. The fourth-order valence-corrected chi connectivity index (χ4v) is 3.63. The molecule has 27 heavy (non-hydrogen) atoms. The summed E-state index contributed by atoms with van der Waals surface area (Å²) in [6, 6.07) is 18.0. The van der Waals surface area contributed by atoms with Crippen LogP contribution in [0.25, 0.3) is 11.1 Å². The van der Waals surface area contributed by atoms with Crippen LogP contribution >= 0.6 is 0 Å². The normalized spacial score (nSPS) is 16.6. The number of nitrogens with zero attached hydrogens (tertiary/aromatic N) is 1. The number of carbonyl (C=O) groups excluding carboxylic acids is 2. The minimum absolute atomic E-state index is 0.0291. The summed E-state index contributed by atoms with van der Waals surface area (Å²) in [7, 11) is 0. The van der Waals surface area contributed by atoms with Crippen molar-refractivity contribution in [2.75, 3.05) is 18.4 Å². The molecular formula is C22H27N3O2. The minimum Gasteiger partial charge on any atom is -0.356 e. The van der Waals surface area contributed by atoms with Gasteiger partial charge in [-0.05, 0) is 37.3 Å². The predicted octanol–water partition coefficient (Wildman–Crippen LogP) is 4.27. The Balaban J connectivity index is 1.71. The Morgan fingerprint density at radius 3 is 2.56 bits per heavy atom. The van der Waals surface area contributed by atoms with Crippen LogP contribution in [0.5, 0.6) is 0 Å². The van der Waals surface area contributed by atoms with E-state index in [1.54, 1.807) is 0 Å². The summed E-state index contributed by atoms with van der Waals surface area (Å²) in [5, 5.41) is 5.94. The topological polar surface area (TPSA) is 61.4 Å². The first kappa shape index (κ1) is 19.0. The standard InChI is InChI=1S/C22H27N3O2/c1-17(26)23-15-14-19-11-7-8-16-25(19)22(27)24-21-13-6-5-12-20(21)18-9-3-2-4-10-18/h2-6,9-10,12-13,19H,7-8,11,14-16H2,1H3,(H,23,26)(H,24,27)/t19-/m1/s1. The van der Waals surface area contributed by atoms with Crippen molar-refractivity contribution in [2.24, 2.45) is 0 Å². The van der Waals surface area contributed by atoms with Gasteiger partial charge in [0.1, 0.15) is 0 Å². The van der Waals surface area contributed by atoms with E-state index in [2.05, 4.69) is 10.6 Å². The van der Waals surface area contributed by atoms with Crippen LogP contribution in [0.1, 0.15) is 32.6 Å². The second-order valence-corrected chi connectivity index (χ2v) is 6.96. The van der Waals surface area contributed by atoms with E-state index in [1.165, 1.54) is 6.92 Å². The molecule has 1 atom stereocenters. The van der Waals surface area contributed by atoms with Crippen molar-refractivity contribution in [1.29, 1.82) is 0 Å². The van der Waals surface area contributed by atoms with Gasteiger partial charge >= 0.3 is 6.03 Å². The second kappa shape index (κ2) is 9.21. The molecule has 2 aromatic rings. The number of likely N-dealkylation sites (tertiary alicyclic amines) is 1. The summed E-state index contributed by atoms with van der Waals surface area (Å²) in [4.78, 5) is 26.0. The molecule has 1 fully saturated rings. The van der Waals surface area contributed by atoms with Gasteiger partial charge in [0.25, 0.3) is 0 Å². The van der Waals surface area contributed by atoms with Gasteiger partial charge in [0.05, 0.1) is 5.69 Å². The van der Waals surface area contributed by atoms with E-state index in [9.17, 15) is 9.59 Å². The van der Waals surface area contributed by atoms with E-state index in [0.717, 1.165) is 49.0 Å². The van der Waals surface area contributed by atoms with E-state index in [1.807, 2.05) is 59.5 Å². The van der Waals surface area contributed by atoms with Gasteiger partial charge in [0.2, 0.25) is 5.91 Å². The molecule has 0 bridgehead atoms. The molecular weight excluding hydrogens is 338 g/mol. The molecule has 1 saturated heterocycles. The third-order valence-electron chi connectivity index (χ3n) is 4.99. The second-order valence-electron chi connectivity index (χ2n) is 6.96. The number of nitrogens with one attached hydrogen (secondary N) is 2. The number of anilines is 1. The Kier molecular flexibility index (Phi) is 6.47. The summed E-state index contributed by atoms with van der Waals surface area (Å²) < 4.78 is 0. The molecule has 0 saturated carbocycles. The third kappa shape index (κ3) is 5.09. The Hall–Kier alpha value is -2.82. The highest BCUT2D eigenvalue weighted by molar-refractivity contribution is 5.94. The SMILES string of the molecule is CC(=O)NCC[C@H]1CCCCN1C(=O)Nc1ccccc1-c1ccccc1. The van der Waals surface area contributed by atoms with Crippen molar-refractivity contribution in [2.45, 2.75) is 38.6 Å². The number of piperidine rings is 1. The predicted molar refractivity (Wildman–Crippen MR) is 109 cm³/mol. The van der Waals surface area contributed by atoms with Gasteiger partial charge in [-0.3, -0.25) is 4.79 Å². The van der Waals surface area contributed by atoms with Crippen LogP contribution in [0.2, 0.25) is 0 Å². The zero-order valence-corrected chi connectivity index (χ0v) is 15.8. The fraction of sp³-hybridized carbons (Fsp3) is 0.364. The number of rotatable bonds is 5. The fourth-order valence-electron chi connectivity index (χ4n) is 3.63. The highest BCUT2D eigenvalue weighted by atomic mass is 16.2. The van der Waals surface area contributed by atoms with Crippen molar-refractivity contribution >= 4 is 17.6 Å². The summed E-state index contributed by atoms with van der Waals surface area (Å²) >= 11 is 0. The number of carbonyl (C=O) groups is 2. The first-order chi connectivity index (χ1) is 13.1. The molecule has 3 rings (SSSR count). The third-order valence-corrected chi connectivity index (χ3v) is 4.99. The average molecular weight is 365 g/mol. The summed E-state index contributed by atoms with van der Waals surface area (Å²) in [5.74, 6) is -0.0291. The molecule has 0 aromatic heterocycles. The number of hydrogen-bond donors (Lipinski definition) is 2. The number of amides is 3. The Morgan fingerprint density at radius 2 is 1.78 bits per heavy atom. The van der Waals surface area contributed by atoms with Gasteiger partial charge in [0.15, 0.2) is 0 Å². The number of hydrogen-bond acceptors (Lipinski definition) is 2. The Morgan fingerprint density at radius 1 is 1.04 bits per heavy atom. The van der Waals surface area contributed by atoms with Crippen LogP contribution in [0.4, 0.5) is 10.5 Å². The van der Waals surface area contributed by atoms with Gasteiger partial charge in [-0.1, -0.05) is 48.5 Å². The molecule has 3 amide bonds. The maximum Gasteiger partial charge on any atom is 0.322 e. The quantitative estimate of drug-likeness (QED) is 0.831. The number of benzene rings is 2. The molecule has 5 nitrogen and oxygen atoms in total. The van der Waals surface area contributed by atoms with Crippen LogP contribution in [-0.4, -0.2) is 36.0 Å². The Labute approximate surface area is 160 Å². The van der Waals surface area contributed by atoms with Crippen molar-refractivity contribution < 1.29 is 9.59 Å². The van der Waals surface area contributed by atoms with Crippen LogP contribution in [0.3, 0.4) is 0 Å². The lowest BCUT2D eigenvalue weighted by molar-refractivity contribution is -0.119. The zero-order valence-electron chi connectivity index (χ0n) is 15.8. The maximum atomic E-state index is 13.0. The molecule has 0 unspecified atom stereocenters. The Bertz CT molecular complexity index is 776. The lowest BCUT2D eigenvalue weighted by atomic mass is 9.99. The maximum absolute atomic E-state index is 13.0. The lowest BCUT2D eigenvalue weighted by Crippen LogP contribution is -2.47. The van der Waals surface area contributed by atoms with Crippen LogP contribution < -0.4 is 10.6 Å². The molecule has 1 aliphatic heterocycles. The number of para-hydroxylation sites is 1. The number of urea groups is 1. The van der Waals surface area contributed by atoms with Crippen LogP contribution in [-0.2, 0) is 4.79 Å². The average Bonchev–Trinajstić information content (AvgIpc) is 2.69. The van der Waals surface area contributed by atoms with E-state index < -0.39 is 0 Å². The first-order valence-corrected chi connectivity index (χ1v) is 9.61. The van der Waals surface area contributed by atoms with Crippen molar-refractivity contribution in [3.8, 4) is 11.1 Å². The van der Waals surface area contributed by atoms with Gasteiger partial charge in [-0.2, -0.15) is 0 Å². The molecule has 2 aromatic carbocycles. The molecule has 0 aliphatic carbocycles. The van der Waals surface area contributed by atoms with E-state index in [-0.39, 0.29) is 18.0 Å². The van der Waals surface area contributed by atoms with E-state index in [0.29, 0.717) is 6.54 Å². The minimum atomic E-state index is -0.0640. The summed E-state index contributed by atoms with van der Waals surface area (Å²) in [6.07, 6.45) is 3.90. The first-order valence-electron chi connectivity index (χ1n) is 9.61. The summed E-state index contributed by atoms with van der Waals surface area (Å²) in [6.45, 7) is 2.88. The molecule has 0 spiro atoms. The van der Waals surface area contributed by atoms with Gasteiger partial charge in [-0.15, -0.1) is 0 Å². The molecule has 0 radical (unpaired) electrons. The van der Waals surface area contributed by atoms with E-state index >= 15 is 0 Å². The van der Waals surface area contributed by atoms with Crippen molar-refractivity contribution in [3.05, 3.63) is 54.6 Å². The smallest absolute Gasteiger partial charge is 0.322 e. The largest absolute Gasteiger partial charge is 0.356 e. The molecule has 2 N–H and O–H groups in total. The molecule has 5 heteroatoms. The van der Waals surface area contributed by atoms with E-state index in [4.69, 9.17) is 0 Å². The monoisotopic (exact) mass is 365 g/mol. The lowest BCUT2D eigenvalue weighted by Gasteiger charge is -2.36. The molecule has 1 aliphatic rings. The van der Waals surface area contributed by atoms with Gasteiger partial charge in [0, 0.05) is 31.6 Å². The van der Waals surface area contributed by atoms with Crippen LogP contribution in [0, 0.1) is 0 Å².